The van der Waals surface area contributed by atoms with Crippen LogP contribution in [0.15, 0.2) is 48.5 Å². The second-order valence-corrected chi connectivity index (χ2v) is 9.07. The number of ether oxygens (including phenoxy) is 1. The van der Waals surface area contributed by atoms with Gasteiger partial charge in [-0.1, -0.05) is 36.4 Å². The van der Waals surface area contributed by atoms with Gasteiger partial charge in [-0.15, -0.1) is 0 Å². The van der Waals surface area contributed by atoms with Crippen LogP contribution in [-0.2, 0) is 17.6 Å². The maximum atomic E-state index is 13.4. The molecule has 3 heterocycles. The van der Waals surface area contributed by atoms with Crippen LogP contribution in [0.4, 0.5) is 4.79 Å². The van der Waals surface area contributed by atoms with Crippen molar-refractivity contribution in [2.75, 3.05) is 26.7 Å². The molecule has 2 aromatic carbocycles. The van der Waals surface area contributed by atoms with E-state index >= 15 is 0 Å². The molecule has 2 saturated heterocycles. The van der Waals surface area contributed by atoms with Crippen LogP contribution in [0.25, 0.3) is 0 Å². The standard InChI is InChI=1S/C26H31N3O3/c1-32-20-9-10-21-19(16-20)12-15-28-23(21)17-24-22(25(28)30)8-5-14-29(24)26(31)27-13-11-18-6-3-2-4-7-18/h2-4,6-7,9-10,16,22-24H,5,8,11-15,17H2,1H3,(H,27,31)/t22-,23+,24-/m1/s1. The van der Waals surface area contributed by atoms with Crippen molar-refractivity contribution in [2.24, 2.45) is 5.92 Å². The van der Waals surface area contributed by atoms with Crippen molar-refractivity contribution in [2.45, 2.75) is 44.2 Å². The number of carbonyl (C=O) groups is 2. The van der Waals surface area contributed by atoms with Gasteiger partial charge < -0.3 is 19.9 Å². The molecule has 5 rings (SSSR count). The van der Waals surface area contributed by atoms with E-state index in [0.717, 1.165) is 44.4 Å². The van der Waals surface area contributed by atoms with Crippen LogP contribution in [0.2, 0.25) is 0 Å². The molecule has 6 nitrogen and oxygen atoms in total. The average molecular weight is 434 g/mol. The van der Waals surface area contributed by atoms with E-state index in [2.05, 4.69) is 34.5 Å². The molecule has 0 bridgehead atoms. The van der Waals surface area contributed by atoms with Crippen molar-refractivity contribution in [3.63, 3.8) is 0 Å². The monoisotopic (exact) mass is 433 g/mol. The molecule has 3 aliphatic rings. The van der Waals surface area contributed by atoms with Gasteiger partial charge in [-0.3, -0.25) is 4.79 Å². The number of likely N-dealkylation sites (tertiary alicyclic amines) is 1. The summed E-state index contributed by atoms with van der Waals surface area (Å²) >= 11 is 0. The summed E-state index contributed by atoms with van der Waals surface area (Å²) in [6, 6.07) is 16.3. The molecule has 0 saturated carbocycles. The molecule has 3 amide bonds. The van der Waals surface area contributed by atoms with E-state index in [4.69, 9.17) is 4.74 Å². The predicted molar refractivity (Wildman–Crippen MR) is 123 cm³/mol. The van der Waals surface area contributed by atoms with Gasteiger partial charge in [0.1, 0.15) is 5.75 Å². The molecule has 3 atom stereocenters. The van der Waals surface area contributed by atoms with E-state index in [9.17, 15) is 9.59 Å². The fourth-order valence-corrected chi connectivity index (χ4v) is 5.72. The normalized spacial score (nSPS) is 24.3. The van der Waals surface area contributed by atoms with Gasteiger partial charge in [-0.25, -0.2) is 4.79 Å². The third kappa shape index (κ3) is 3.83. The van der Waals surface area contributed by atoms with Gasteiger partial charge >= 0.3 is 6.03 Å². The van der Waals surface area contributed by atoms with E-state index < -0.39 is 0 Å². The van der Waals surface area contributed by atoms with Crippen LogP contribution in [0.5, 0.6) is 5.75 Å². The maximum absolute atomic E-state index is 13.4. The third-order valence-corrected chi connectivity index (χ3v) is 7.34. The minimum atomic E-state index is -0.0836. The number of hydrogen-bond donors (Lipinski definition) is 1. The highest BCUT2D eigenvalue weighted by molar-refractivity contribution is 5.83. The Labute approximate surface area is 189 Å². The van der Waals surface area contributed by atoms with Crippen molar-refractivity contribution in [1.29, 1.82) is 0 Å². The molecule has 0 spiro atoms. The van der Waals surface area contributed by atoms with Gasteiger partial charge in [0.05, 0.1) is 19.1 Å². The molecule has 0 unspecified atom stereocenters. The molecule has 1 N–H and O–H groups in total. The second-order valence-electron chi connectivity index (χ2n) is 9.07. The quantitative estimate of drug-likeness (QED) is 0.802. The Morgan fingerprint density at radius 1 is 1.16 bits per heavy atom. The number of fused-ring (bicyclic) bond motifs is 4. The second kappa shape index (κ2) is 8.85. The Balaban J connectivity index is 1.32. The number of nitrogens with one attached hydrogen (secondary N) is 1. The zero-order valence-corrected chi connectivity index (χ0v) is 18.6. The first-order valence-corrected chi connectivity index (χ1v) is 11.7. The molecule has 0 aliphatic carbocycles. The number of methoxy groups -OCH3 is 1. The van der Waals surface area contributed by atoms with E-state index in [1.165, 1.54) is 16.7 Å². The molecular formula is C26H31N3O3. The van der Waals surface area contributed by atoms with Crippen LogP contribution >= 0.6 is 0 Å². The first-order chi connectivity index (χ1) is 15.7. The Morgan fingerprint density at radius 3 is 2.81 bits per heavy atom. The zero-order valence-electron chi connectivity index (χ0n) is 18.6. The van der Waals surface area contributed by atoms with E-state index in [-0.39, 0.29) is 29.9 Å². The molecule has 0 aromatic heterocycles. The van der Waals surface area contributed by atoms with Gasteiger partial charge in [-0.2, -0.15) is 0 Å². The summed E-state index contributed by atoms with van der Waals surface area (Å²) in [5.41, 5.74) is 3.67. The number of amides is 3. The summed E-state index contributed by atoms with van der Waals surface area (Å²) in [6.07, 6.45) is 4.22. The molecule has 168 valence electrons. The highest BCUT2D eigenvalue weighted by Crippen LogP contribution is 2.44. The minimum absolute atomic E-state index is 0.0381. The molecular weight excluding hydrogens is 402 g/mol. The molecule has 6 heteroatoms. The van der Waals surface area contributed by atoms with Gasteiger partial charge in [0.15, 0.2) is 0 Å². The molecule has 2 aromatic rings. The van der Waals surface area contributed by atoms with E-state index in [1.54, 1.807) is 7.11 Å². The SMILES string of the molecule is COc1ccc2c(c1)CCN1C(=O)[C@@H]3CCCN(C(=O)NCCc4ccccc4)[C@@H]3C[C@@H]21. The number of rotatable bonds is 4. The molecule has 2 fully saturated rings. The van der Waals surface area contributed by atoms with Crippen LogP contribution in [0, 0.1) is 5.92 Å². The van der Waals surface area contributed by atoms with Gasteiger partial charge in [0.25, 0.3) is 0 Å². The summed E-state index contributed by atoms with van der Waals surface area (Å²) < 4.78 is 5.40. The summed E-state index contributed by atoms with van der Waals surface area (Å²) in [5.74, 6) is 0.989. The lowest BCUT2D eigenvalue weighted by Gasteiger charge is -2.51. The average Bonchev–Trinajstić information content (AvgIpc) is 2.84. The third-order valence-electron chi connectivity index (χ3n) is 7.34. The van der Waals surface area contributed by atoms with E-state index in [0.29, 0.717) is 13.1 Å². The van der Waals surface area contributed by atoms with Crippen LogP contribution in [-0.4, -0.2) is 54.5 Å². The smallest absolute Gasteiger partial charge is 0.317 e. The summed E-state index contributed by atoms with van der Waals surface area (Å²) in [6.45, 7) is 2.06. The largest absolute Gasteiger partial charge is 0.497 e. The minimum Gasteiger partial charge on any atom is -0.497 e. The van der Waals surface area contributed by atoms with Crippen LogP contribution in [0.3, 0.4) is 0 Å². The van der Waals surface area contributed by atoms with Crippen molar-refractivity contribution >= 4 is 11.9 Å². The Morgan fingerprint density at radius 2 is 2.00 bits per heavy atom. The van der Waals surface area contributed by atoms with Crippen molar-refractivity contribution < 1.29 is 14.3 Å². The Bertz CT molecular complexity index is 993. The Kier molecular flexibility index (Phi) is 5.77. The highest BCUT2D eigenvalue weighted by Gasteiger charge is 2.48. The topological polar surface area (TPSA) is 61.9 Å². The van der Waals surface area contributed by atoms with Gasteiger partial charge in [0.2, 0.25) is 5.91 Å². The zero-order chi connectivity index (χ0) is 22.1. The first-order valence-electron chi connectivity index (χ1n) is 11.7. The molecule has 32 heavy (non-hydrogen) atoms. The highest BCUT2D eigenvalue weighted by atomic mass is 16.5. The summed E-state index contributed by atoms with van der Waals surface area (Å²) in [7, 11) is 1.68. The first kappa shape index (κ1) is 20.9. The summed E-state index contributed by atoms with van der Waals surface area (Å²) in [4.78, 5) is 30.5. The number of carbonyl (C=O) groups excluding carboxylic acids is 2. The van der Waals surface area contributed by atoms with Gasteiger partial charge in [0, 0.05) is 25.7 Å². The lowest BCUT2D eigenvalue weighted by atomic mass is 9.76. The summed E-state index contributed by atoms with van der Waals surface area (Å²) in [5, 5.41) is 3.10. The fraction of sp³-hybridized carbons (Fsp3) is 0.462. The lowest BCUT2D eigenvalue weighted by Crippen LogP contribution is -2.61. The number of piperidine rings is 2. The van der Waals surface area contributed by atoms with E-state index in [1.807, 2.05) is 29.2 Å². The van der Waals surface area contributed by atoms with Crippen molar-refractivity contribution in [1.82, 2.24) is 15.1 Å². The predicted octanol–water partition coefficient (Wildman–Crippen LogP) is 3.56. The van der Waals surface area contributed by atoms with Crippen LogP contribution < -0.4 is 10.1 Å². The fourth-order valence-electron chi connectivity index (χ4n) is 5.72. The number of nitrogens with zero attached hydrogens (tertiary/aromatic N) is 2. The van der Waals surface area contributed by atoms with Crippen LogP contribution in [0.1, 0.15) is 42.0 Å². The molecule has 3 aliphatic heterocycles. The van der Waals surface area contributed by atoms with Crippen molar-refractivity contribution in [3.8, 4) is 5.75 Å². The maximum Gasteiger partial charge on any atom is 0.317 e. The molecule has 0 radical (unpaired) electrons. The Hall–Kier alpha value is -3.02. The number of hydrogen-bond acceptors (Lipinski definition) is 3. The number of benzene rings is 2. The lowest BCUT2D eigenvalue weighted by molar-refractivity contribution is -0.148. The number of urea groups is 1. The van der Waals surface area contributed by atoms with Crippen molar-refractivity contribution in [3.05, 3.63) is 65.2 Å². The van der Waals surface area contributed by atoms with Gasteiger partial charge in [-0.05, 0) is 60.9 Å².